The summed E-state index contributed by atoms with van der Waals surface area (Å²) in [6.45, 7) is 0.580. The van der Waals surface area contributed by atoms with Crippen molar-refractivity contribution >= 4 is 40.3 Å². The number of methoxy groups -OCH3 is 1. The van der Waals surface area contributed by atoms with Gasteiger partial charge in [0.15, 0.2) is 0 Å². The molecule has 0 bridgehead atoms. The largest absolute Gasteiger partial charge is 0.465 e. The Morgan fingerprint density at radius 3 is 2.95 bits per heavy atom. The van der Waals surface area contributed by atoms with Gasteiger partial charge in [0.25, 0.3) is 0 Å². The lowest BCUT2D eigenvalue weighted by Gasteiger charge is -2.13. The highest BCUT2D eigenvalue weighted by Gasteiger charge is 2.16. The van der Waals surface area contributed by atoms with Crippen LogP contribution >= 0.6 is 22.9 Å². The molecule has 6 heteroatoms. The molecule has 0 spiro atoms. The molecule has 0 amide bonds. The highest BCUT2D eigenvalue weighted by molar-refractivity contribution is 7.07. The molecule has 1 aromatic heterocycles. The fourth-order valence-corrected chi connectivity index (χ4v) is 2.63. The average Bonchev–Trinajstić information content (AvgIpc) is 2.89. The minimum atomic E-state index is -0.470. The summed E-state index contributed by atoms with van der Waals surface area (Å²) in [5.41, 5.74) is 8.11. The molecule has 0 saturated carbocycles. The number of halogens is 1. The van der Waals surface area contributed by atoms with Crippen LogP contribution in [0.3, 0.4) is 0 Å². The lowest BCUT2D eigenvalue weighted by molar-refractivity contribution is 0.0602. The van der Waals surface area contributed by atoms with Crippen molar-refractivity contribution in [1.29, 1.82) is 0 Å². The number of benzene rings is 1. The SMILES string of the molecule is COC(=O)c1cc(N)cc(Cl)c1NCc1ccsc1. The molecule has 1 aromatic carbocycles. The van der Waals surface area contributed by atoms with Crippen LogP contribution in [0.25, 0.3) is 0 Å². The molecule has 0 atom stereocenters. The highest BCUT2D eigenvalue weighted by Crippen LogP contribution is 2.30. The van der Waals surface area contributed by atoms with E-state index in [2.05, 4.69) is 5.32 Å². The highest BCUT2D eigenvalue weighted by atomic mass is 35.5. The minimum absolute atomic E-state index is 0.336. The lowest BCUT2D eigenvalue weighted by atomic mass is 10.1. The van der Waals surface area contributed by atoms with Gasteiger partial charge < -0.3 is 15.8 Å². The van der Waals surface area contributed by atoms with E-state index >= 15 is 0 Å². The van der Waals surface area contributed by atoms with Gasteiger partial charge in [-0.05, 0) is 34.5 Å². The van der Waals surface area contributed by atoms with Gasteiger partial charge in [0, 0.05) is 12.2 Å². The number of thiophene rings is 1. The standard InChI is InChI=1S/C13H13ClN2O2S/c1-18-13(17)10-4-9(15)5-11(14)12(10)16-6-8-2-3-19-7-8/h2-5,7,16H,6,15H2,1H3. The molecule has 0 aliphatic rings. The van der Waals surface area contributed by atoms with Crippen molar-refractivity contribution in [1.82, 2.24) is 0 Å². The van der Waals surface area contributed by atoms with Crippen molar-refractivity contribution in [3.05, 3.63) is 45.1 Å². The zero-order valence-electron chi connectivity index (χ0n) is 10.3. The number of hydrogen-bond acceptors (Lipinski definition) is 5. The van der Waals surface area contributed by atoms with Crippen LogP contribution in [0.4, 0.5) is 11.4 Å². The average molecular weight is 297 g/mol. The second kappa shape index (κ2) is 5.95. The van der Waals surface area contributed by atoms with Crippen LogP contribution in [0.2, 0.25) is 5.02 Å². The van der Waals surface area contributed by atoms with E-state index in [4.69, 9.17) is 22.1 Å². The Labute approximate surface area is 120 Å². The first-order valence-electron chi connectivity index (χ1n) is 5.54. The molecule has 100 valence electrons. The van der Waals surface area contributed by atoms with Gasteiger partial charge in [-0.1, -0.05) is 11.6 Å². The van der Waals surface area contributed by atoms with E-state index in [1.807, 2.05) is 16.8 Å². The van der Waals surface area contributed by atoms with E-state index in [0.717, 1.165) is 5.56 Å². The molecule has 0 unspecified atom stereocenters. The van der Waals surface area contributed by atoms with Crippen molar-refractivity contribution in [3.63, 3.8) is 0 Å². The topological polar surface area (TPSA) is 64.3 Å². The molecule has 0 radical (unpaired) electrons. The molecule has 2 rings (SSSR count). The van der Waals surface area contributed by atoms with Crippen LogP contribution in [0.5, 0.6) is 0 Å². The molecule has 1 heterocycles. The minimum Gasteiger partial charge on any atom is -0.465 e. The Hall–Kier alpha value is -1.72. The Bertz CT molecular complexity index is 585. The van der Waals surface area contributed by atoms with Crippen molar-refractivity contribution < 1.29 is 9.53 Å². The maximum atomic E-state index is 11.7. The lowest BCUT2D eigenvalue weighted by Crippen LogP contribution is -2.09. The summed E-state index contributed by atoms with van der Waals surface area (Å²) in [5.74, 6) is -0.470. The van der Waals surface area contributed by atoms with Gasteiger partial charge in [0.1, 0.15) is 0 Å². The third-order valence-electron chi connectivity index (χ3n) is 2.57. The zero-order valence-corrected chi connectivity index (χ0v) is 11.8. The number of nitrogen functional groups attached to an aromatic ring is 1. The molecule has 3 N–H and O–H groups in total. The zero-order chi connectivity index (χ0) is 13.8. The number of nitrogens with two attached hydrogens (primary N) is 1. The van der Waals surface area contributed by atoms with E-state index in [1.54, 1.807) is 23.5 Å². The van der Waals surface area contributed by atoms with E-state index in [-0.39, 0.29) is 0 Å². The summed E-state index contributed by atoms with van der Waals surface area (Å²) >= 11 is 7.74. The van der Waals surface area contributed by atoms with Crippen LogP contribution in [0.15, 0.2) is 29.0 Å². The van der Waals surface area contributed by atoms with E-state index in [0.29, 0.717) is 28.5 Å². The van der Waals surface area contributed by atoms with Crippen LogP contribution in [-0.2, 0) is 11.3 Å². The van der Waals surface area contributed by atoms with Gasteiger partial charge in [0.05, 0.1) is 23.4 Å². The first-order chi connectivity index (χ1) is 9.11. The summed E-state index contributed by atoms with van der Waals surface area (Å²) in [4.78, 5) is 11.7. The maximum absolute atomic E-state index is 11.7. The summed E-state index contributed by atoms with van der Waals surface area (Å²) < 4.78 is 4.73. The molecule has 0 fully saturated rings. The van der Waals surface area contributed by atoms with Gasteiger partial charge in [-0.15, -0.1) is 0 Å². The number of carbonyl (C=O) groups is 1. The predicted molar refractivity (Wildman–Crippen MR) is 78.8 cm³/mol. The summed E-state index contributed by atoms with van der Waals surface area (Å²) in [6.07, 6.45) is 0. The Kier molecular flexibility index (Phi) is 4.29. The Morgan fingerprint density at radius 1 is 1.53 bits per heavy atom. The smallest absolute Gasteiger partial charge is 0.340 e. The predicted octanol–water partition coefficient (Wildman–Crippen LogP) is 3.38. The second-order valence-corrected chi connectivity index (χ2v) is 5.09. The normalized spacial score (nSPS) is 10.2. The third-order valence-corrected chi connectivity index (χ3v) is 3.60. The number of carbonyl (C=O) groups excluding carboxylic acids is 1. The Morgan fingerprint density at radius 2 is 2.32 bits per heavy atom. The molecular formula is C13H13ClN2O2S. The summed E-state index contributed by atoms with van der Waals surface area (Å²) in [7, 11) is 1.32. The van der Waals surface area contributed by atoms with Gasteiger partial charge in [0.2, 0.25) is 0 Å². The maximum Gasteiger partial charge on any atom is 0.340 e. The van der Waals surface area contributed by atoms with E-state index < -0.39 is 5.97 Å². The van der Waals surface area contributed by atoms with Gasteiger partial charge in [-0.2, -0.15) is 11.3 Å². The van der Waals surface area contributed by atoms with E-state index in [1.165, 1.54) is 7.11 Å². The number of rotatable bonds is 4. The summed E-state index contributed by atoms with van der Waals surface area (Å²) in [6, 6.07) is 5.15. The first kappa shape index (κ1) is 13.7. The van der Waals surface area contributed by atoms with E-state index in [9.17, 15) is 4.79 Å². The second-order valence-electron chi connectivity index (χ2n) is 3.90. The summed E-state index contributed by atoms with van der Waals surface area (Å²) in [5, 5.41) is 7.56. The van der Waals surface area contributed by atoms with Gasteiger partial charge in [-0.25, -0.2) is 4.79 Å². The molecule has 19 heavy (non-hydrogen) atoms. The molecule has 2 aromatic rings. The van der Waals surface area contributed by atoms with Crippen LogP contribution < -0.4 is 11.1 Å². The number of esters is 1. The fourth-order valence-electron chi connectivity index (χ4n) is 1.66. The number of ether oxygens (including phenoxy) is 1. The van der Waals surface area contributed by atoms with Crippen molar-refractivity contribution in [2.75, 3.05) is 18.2 Å². The molecule has 0 saturated heterocycles. The molecular weight excluding hydrogens is 284 g/mol. The molecule has 0 aliphatic heterocycles. The molecule has 4 nitrogen and oxygen atoms in total. The van der Waals surface area contributed by atoms with Crippen LogP contribution in [0.1, 0.15) is 15.9 Å². The van der Waals surface area contributed by atoms with Crippen molar-refractivity contribution in [2.24, 2.45) is 0 Å². The van der Waals surface area contributed by atoms with Crippen LogP contribution in [0, 0.1) is 0 Å². The number of nitrogens with one attached hydrogen (secondary N) is 1. The number of hydrogen-bond donors (Lipinski definition) is 2. The van der Waals surface area contributed by atoms with Crippen LogP contribution in [-0.4, -0.2) is 13.1 Å². The molecule has 0 aliphatic carbocycles. The van der Waals surface area contributed by atoms with Gasteiger partial charge >= 0.3 is 5.97 Å². The number of anilines is 2. The Balaban J connectivity index is 2.29. The van der Waals surface area contributed by atoms with Gasteiger partial charge in [-0.3, -0.25) is 0 Å². The fraction of sp³-hybridized carbons (Fsp3) is 0.154. The van der Waals surface area contributed by atoms with Crippen molar-refractivity contribution in [2.45, 2.75) is 6.54 Å². The third kappa shape index (κ3) is 3.19. The van der Waals surface area contributed by atoms with Crippen molar-refractivity contribution in [3.8, 4) is 0 Å². The first-order valence-corrected chi connectivity index (χ1v) is 6.86. The monoisotopic (exact) mass is 296 g/mol. The quantitative estimate of drug-likeness (QED) is 0.670.